The molecule has 28 heavy (non-hydrogen) atoms. The van der Waals surface area contributed by atoms with Crippen LogP contribution in [0.15, 0.2) is 59.6 Å². The van der Waals surface area contributed by atoms with E-state index in [1.54, 1.807) is 0 Å². The maximum absolute atomic E-state index is 4.52. The van der Waals surface area contributed by atoms with Crippen molar-refractivity contribution in [2.75, 3.05) is 52.2 Å². The van der Waals surface area contributed by atoms with Gasteiger partial charge in [0.1, 0.15) is 0 Å². The zero-order valence-corrected chi connectivity index (χ0v) is 19.5. The number of nitrogens with zero attached hydrogens (tertiary/aromatic N) is 4. The normalized spacial score (nSPS) is 14.8. The van der Waals surface area contributed by atoms with Gasteiger partial charge in [-0.2, -0.15) is 0 Å². The van der Waals surface area contributed by atoms with E-state index in [4.69, 9.17) is 0 Å². The molecule has 5 nitrogen and oxygen atoms in total. The van der Waals surface area contributed by atoms with Crippen LogP contribution in [-0.4, -0.2) is 63.1 Å². The van der Waals surface area contributed by atoms with Gasteiger partial charge in [0.15, 0.2) is 5.96 Å². The lowest BCUT2D eigenvalue weighted by Gasteiger charge is -2.37. The maximum atomic E-state index is 4.52. The molecule has 1 N–H and O–H groups in total. The van der Waals surface area contributed by atoms with E-state index in [1.165, 1.54) is 16.8 Å². The Kier molecular flexibility index (Phi) is 9.05. The van der Waals surface area contributed by atoms with Crippen LogP contribution in [-0.2, 0) is 13.1 Å². The van der Waals surface area contributed by atoms with Crippen molar-refractivity contribution in [2.24, 2.45) is 4.99 Å². The van der Waals surface area contributed by atoms with Crippen LogP contribution < -0.4 is 10.2 Å². The number of anilines is 1. The Labute approximate surface area is 186 Å². The van der Waals surface area contributed by atoms with Gasteiger partial charge in [0.25, 0.3) is 0 Å². The number of rotatable bonds is 5. The average Bonchev–Trinajstić information content (AvgIpc) is 2.70. The molecular formula is C22H32IN5. The Balaban J connectivity index is 0.00000280. The smallest absolute Gasteiger partial charge is 0.194 e. The minimum absolute atomic E-state index is 0. The third kappa shape index (κ3) is 6.10. The summed E-state index contributed by atoms with van der Waals surface area (Å²) in [5.41, 5.74) is 3.99. The average molecular weight is 493 g/mol. The first-order valence-corrected chi connectivity index (χ1v) is 9.64. The number of hydrogen-bond donors (Lipinski definition) is 1. The molecule has 0 spiro atoms. The van der Waals surface area contributed by atoms with E-state index >= 15 is 0 Å². The van der Waals surface area contributed by atoms with Gasteiger partial charge in [0.05, 0.1) is 0 Å². The Morgan fingerprint density at radius 2 is 1.54 bits per heavy atom. The summed E-state index contributed by atoms with van der Waals surface area (Å²) in [5, 5.41) is 3.56. The summed E-state index contributed by atoms with van der Waals surface area (Å²) in [5.74, 6) is 0.988. The van der Waals surface area contributed by atoms with E-state index in [0.29, 0.717) is 0 Å². The molecule has 6 heteroatoms. The van der Waals surface area contributed by atoms with Crippen LogP contribution in [0.2, 0.25) is 0 Å². The van der Waals surface area contributed by atoms with Crippen LogP contribution in [0.5, 0.6) is 0 Å². The van der Waals surface area contributed by atoms with E-state index in [1.807, 2.05) is 7.05 Å². The van der Waals surface area contributed by atoms with Crippen molar-refractivity contribution in [3.63, 3.8) is 0 Å². The van der Waals surface area contributed by atoms with Crippen molar-refractivity contribution in [3.05, 3.63) is 65.7 Å². The van der Waals surface area contributed by atoms with Crippen molar-refractivity contribution in [2.45, 2.75) is 13.1 Å². The van der Waals surface area contributed by atoms with E-state index in [9.17, 15) is 0 Å². The number of hydrogen-bond acceptors (Lipinski definition) is 3. The molecule has 0 bridgehead atoms. The van der Waals surface area contributed by atoms with Gasteiger partial charge in [-0.15, -0.1) is 24.0 Å². The van der Waals surface area contributed by atoms with E-state index in [0.717, 1.165) is 45.2 Å². The topological polar surface area (TPSA) is 34.1 Å². The summed E-state index contributed by atoms with van der Waals surface area (Å²) in [6.45, 7) is 5.74. The minimum Gasteiger partial charge on any atom is -0.368 e. The monoisotopic (exact) mass is 493 g/mol. The predicted octanol–water partition coefficient (Wildman–Crippen LogP) is 3.26. The number of benzene rings is 2. The highest BCUT2D eigenvalue weighted by Crippen LogP contribution is 2.16. The minimum atomic E-state index is 0. The van der Waals surface area contributed by atoms with Gasteiger partial charge in [0.2, 0.25) is 0 Å². The summed E-state index contributed by atoms with van der Waals surface area (Å²) in [6, 6.07) is 19.3. The fraction of sp³-hybridized carbons (Fsp3) is 0.409. The Hall–Kier alpha value is -1.80. The summed E-state index contributed by atoms with van der Waals surface area (Å²) >= 11 is 0. The van der Waals surface area contributed by atoms with Crippen LogP contribution in [0.4, 0.5) is 5.69 Å². The van der Waals surface area contributed by atoms with Gasteiger partial charge in [-0.25, -0.2) is 0 Å². The molecule has 1 aliphatic rings. The lowest BCUT2D eigenvalue weighted by Crippen LogP contribution is -2.52. The van der Waals surface area contributed by atoms with E-state index in [2.05, 4.69) is 93.7 Å². The van der Waals surface area contributed by atoms with Crippen LogP contribution in [0.3, 0.4) is 0 Å². The maximum Gasteiger partial charge on any atom is 0.194 e. The Bertz CT molecular complexity index is 740. The molecule has 0 aliphatic carbocycles. The molecule has 3 rings (SSSR count). The molecule has 2 aromatic rings. The fourth-order valence-electron chi connectivity index (χ4n) is 3.55. The highest BCUT2D eigenvalue weighted by Gasteiger charge is 2.19. The van der Waals surface area contributed by atoms with Crippen LogP contribution in [0.1, 0.15) is 11.1 Å². The van der Waals surface area contributed by atoms with Gasteiger partial charge < -0.3 is 20.0 Å². The molecule has 2 aromatic carbocycles. The first-order valence-electron chi connectivity index (χ1n) is 9.64. The lowest BCUT2D eigenvalue weighted by molar-refractivity contribution is 0.372. The second-order valence-corrected chi connectivity index (χ2v) is 7.22. The van der Waals surface area contributed by atoms with Gasteiger partial charge in [-0.05, 0) is 37.4 Å². The Morgan fingerprint density at radius 1 is 0.929 bits per heavy atom. The van der Waals surface area contributed by atoms with E-state index in [-0.39, 0.29) is 24.0 Å². The molecule has 152 valence electrons. The number of para-hydroxylation sites is 1. The first kappa shape index (κ1) is 22.5. The SMILES string of the molecule is CN=C(NCc1ccccc1CN(C)C)N1CCN(c2ccccc2)CC1.I. The van der Waals surface area contributed by atoms with Crippen LogP contribution in [0, 0.1) is 0 Å². The zero-order chi connectivity index (χ0) is 19.1. The van der Waals surface area contributed by atoms with Gasteiger partial charge >= 0.3 is 0 Å². The second-order valence-electron chi connectivity index (χ2n) is 7.22. The van der Waals surface area contributed by atoms with Crippen molar-refractivity contribution in [1.82, 2.24) is 15.1 Å². The third-order valence-corrected chi connectivity index (χ3v) is 4.95. The van der Waals surface area contributed by atoms with E-state index < -0.39 is 0 Å². The molecule has 0 aromatic heterocycles. The lowest BCUT2D eigenvalue weighted by atomic mass is 10.1. The van der Waals surface area contributed by atoms with Crippen molar-refractivity contribution < 1.29 is 0 Å². The fourth-order valence-corrected chi connectivity index (χ4v) is 3.55. The highest BCUT2D eigenvalue weighted by molar-refractivity contribution is 14.0. The molecule has 1 heterocycles. The molecule has 1 fully saturated rings. The quantitative estimate of drug-likeness (QED) is 0.394. The number of guanidine groups is 1. The Morgan fingerprint density at radius 3 is 2.14 bits per heavy atom. The predicted molar refractivity (Wildman–Crippen MR) is 130 cm³/mol. The molecule has 0 radical (unpaired) electrons. The molecule has 0 atom stereocenters. The third-order valence-electron chi connectivity index (χ3n) is 4.95. The van der Waals surface area contributed by atoms with Crippen molar-refractivity contribution >= 4 is 35.6 Å². The molecule has 0 amide bonds. The highest BCUT2D eigenvalue weighted by atomic mass is 127. The first-order chi connectivity index (χ1) is 13.2. The summed E-state index contributed by atoms with van der Waals surface area (Å²) in [4.78, 5) is 11.5. The number of nitrogens with one attached hydrogen (secondary N) is 1. The molecule has 1 saturated heterocycles. The number of halogens is 1. The molecule has 0 saturated carbocycles. The van der Waals surface area contributed by atoms with Gasteiger partial charge in [-0.3, -0.25) is 4.99 Å². The van der Waals surface area contributed by atoms with Gasteiger partial charge in [-0.1, -0.05) is 42.5 Å². The van der Waals surface area contributed by atoms with Crippen molar-refractivity contribution in [3.8, 4) is 0 Å². The largest absolute Gasteiger partial charge is 0.368 e. The molecular weight excluding hydrogens is 461 g/mol. The standard InChI is InChI=1S/C22H31N5.HI/c1-23-22(24-17-19-9-7-8-10-20(19)18-25(2)3)27-15-13-26(14-16-27)21-11-5-4-6-12-21;/h4-12H,13-18H2,1-3H3,(H,23,24);1H. The number of piperazine rings is 1. The summed E-state index contributed by atoms with van der Waals surface area (Å²) < 4.78 is 0. The summed E-state index contributed by atoms with van der Waals surface area (Å²) in [6.07, 6.45) is 0. The summed E-state index contributed by atoms with van der Waals surface area (Å²) in [7, 11) is 6.09. The van der Waals surface area contributed by atoms with Crippen LogP contribution >= 0.6 is 24.0 Å². The zero-order valence-electron chi connectivity index (χ0n) is 17.1. The van der Waals surface area contributed by atoms with Crippen LogP contribution in [0.25, 0.3) is 0 Å². The second kappa shape index (κ2) is 11.3. The van der Waals surface area contributed by atoms with Crippen molar-refractivity contribution in [1.29, 1.82) is 0 Å². The molecule has 0 unspecified atom stereocenters. The number of aliphatic imine (C=N–C) groups is 1. The van der Waals surface area contributed by atoms with Gasteiger partial charge in [0, 0.05) is 52.0 Å². The molecule has 1 aliphatic heterocycles.